The maximum Gasteiger partial charge on any atom is 0.162 e. The van der Waals surface area contributed by atoms with Gasteiger partial charge in [0.15, 0.2) is 11.5 Å². The Morgan fingerprint density at radius 1 is 1.05 bits per heavy atom. The molecule has 0 radical (unpaired) electrons. The first kappa shape index (κ1) is 19.6. The van der Waals surface area contributed by atoms with Crippen molar-refractivity contribution in [3.05, 3.63) is 22.2 Å². The third-order valence-electron chi connectivity index (χ3n) is 2.73. The van der Waals surface area contributed by atoms with E-state index in [4.69, 9.17) is 9.47 Å². The second kappa shape index (κ2) is 11.2. The second-order valence-electron chi connectivity index (χ2n) is 4.29. The SMILES string of the molecule is CCCCNCc1cc(OCC)c(OCC)cc1Br.Cl. The molecule has 0 spiro atoms. The predicted octanol–water partition coefficient (Wildman–Crippen LogP) is 4.56. The number of benzene rings is 1. The summed E-state index contributed by atoms with van der Waals surface area (Å²) >= 11 is 3.60. The molecule has 3 nitrogen and oxygen atoms in total. The van der Waals surface area contributed by atoms with Gasteiger partial charge < -0.3 is 14.8 Å². The first-order chi connectivity index (χ1) is 9.22. The monoisotopic (exact) mass is 365 g/mol. The van der Waals surface area contributed by atoms with Crippen LogP contribution >= 0.6 is 28.3 Å². The van der Waals surface area contributed by atoms with Gasteiger partial charge in [0, 0.05) is 11.0 Å². The smallest absolute Gasteiger partial charge is 0.162 e. The molecule has 0 aliphatic heterocycles. The zero-order chi connectivity index (χ0) is 14.1. The Labute approximate surface area is 137 Å². The summed E-state index contributed by atoms with van der Waals surface area (Å²) in [5, 5.41) is 3.44. The van der Waals surface area contributed by atoms with Crippen LogP contribution < -0.4 is 14.8 Å². The van der Waals surface area contributed by atoms with Crippen molar-refractivity contribution in [3.8, 4) is 11.5 Å². The van der Waals surface area contributed by atoms with Crippen LogP contribution in [0.1, 0.15) is 39.2 Å². The van der Waals surface area contributed by atoms with Crippen molar-refractivity contribution in [2.45, 2.75) is 40.2 Å². The van der Waals surface area contributed by atoms with Crippen molar-refractivity contribution < 1.29 is 9.47 Å². The number of hydrogen-bond donors (Lipinski definition) is 1. The molecule has 0 bridgehead atoms. The van der Waals surface area contributed by atoms with Gasteiger partial charge in [-0.05, 0) is 44.5 Å². The fraction of sp³-hybridized carbons (Fsp3) is 0.600. The molecule has 0 fully saturated rings. The summed E-state index contributed by atoms with van der Waals surface area (Å²) in [4.78, 5) is 0. The van der Waals surface area contributed by atoms with Gasteiger partial charge in [-0.2, -0.15) is 0 Å². The van der Waals surface area contributed by atoms with E-state index in [0.29, 0.717) is 13.2 Å². The van der Waals surface area contributed by atoms with Crippen molar-refractivity contribution in [2.75, 3.05) is 19.8 Å². The van der Waals surface area contributed by atoms with Gasteiger partial charge in [-0.1, -0.05) is 29.3 Å². The standard InChI is InChI=1S/C15H24BrNO2.ClH/c1-4-7-8-17-11-12-9-14(18-5-2)15(19-6-3)10-13(12)16;/h9-10,17H,4-8,11H2,1-3H3;1H. The maximum absolute atomic E-state index is 5.64. The van der Waals surface area contributed by atoms with Crippen LogP contribution in [0.25, 0.3) is 0 Å². The highest BCUT2D eigenvalue weighted by atomic mass is 79.9. The molecule has 1 rings (SSSR count). The van der Waals surface area contributed by atoms with Crippen LogP contribution in [-0.2, 0) is 6.54 Å². The lowest BCUT2D eigenvalue weighted by atomic mass is 10.2. The van der Waals surface area contributed by atoms with Crippen LogP contribution in [-0.4, -0.2) is 19.8 Å². The van der Waals surface area contributed by atoms with Gasteiger partial charge in [-0.3, -0.25) is 0 Å². The fourth-order valence-electron chi connectivity index (χ4n) is 1.77. The number of halogens is 2. The first-order valence-corrected chi connectivity index (χ1v) is 7.80. The van der Waals surface area contributed by atoms with Crippen LogP contribution in [0.15, 0.2) is 16.6 Å². The minimum atomic E-state index is 0. The molecule has 0 amide bonds. The van der Waals surface area contributed by atoms with Crippen LogP contribution in [0.5, 0.6) is 11.5 Å². The molecule has 0 saturated carbocycles. The molecule has 1 aromatic carbocycles. The summed E-state index contributed by atoms with van der Waals surface area (Å²) in [7, 11) is 0. The highest BCUT2D eigenvalue weighted by molar-refractivity contribution is 9.10. The predicted molar refractivity (Wildman–Crippen MR) is 90.3 cm³/mol. The molecule has 0 unspecified atom stereocenters. The summed E-state index contributed by atoms with van der Waals surface area (Å²) in [6.45, 7) is 9.32. The summed E-state index contributed by atoms with van der Waals surface area (Å²) in [5.74, 6) is 1.62. The molecule has 0 aliphatic rings. The van der Waals surface area contributed by atoms with Crippen molar-refractivity contribution in [1.29, 1.82) is 0 Å². The highest BCUT2D eigenvalue weighted by Gasteiger charge is 2.10. The number of hydrogen-bond acceptors (Lipinski definition) is 3. The Kier molecular flexibility index (Phi) is 11.0. The lowest BCUT2D eigenvalue weighted by Crippen LogP contribution is -2.15. The van der Waals surface area contributed by atoms with E-state index in [1.165, 1.54) is 18.4 Å². The van der Waals surface area contributed by atoms with E-state index in [0.717, 1.165) is 29.1 Å². The van der Waals surface area contributed by atoms with Crippen LogP contribution in [0.3, 0.4) is 0 Å². The van der Waals surface area contributed by atoms with Crippen molar-refractivity contribution >= 4 is 28.3 Å². The van der Waals surface area contributed by atoms with Gasteiger partial charge in [0.1, 0.15) is 0 Å². The topological polar surface area (TPSA) is 30.5 Å². The van der Waals surface area contributed by atoms with Gasteiger partial charge in [-0.15, -0.1) is 12.4 Å². The fourth-order valence-corrected chi connectivity index (χ4v) is 2.24. The zero-order valence-electron chi connectivity index (χ0n) is 12.5. The zero-order valence-corrected chi connectivity index (χ0v) is 14.9. The average Bonchev–Trinajstić information content (AvgIpc) is 2.39. The third-order valence-corrected chi connectivity index (χ3v) is 3.47. The Morgan fingerprint density at radius 3 is 2.20 bits per heavy atom. The van der Waals surface area contributed by atoms with Gasteiger partial charge in [-0.25, -0.2) is 0 Å². The van der Waals surface area contributed by atoms with Crippen molar-refractivity contribution in [1.82, 2.24) is 5.32 Å². The molecule has 0 atom stereocenters. The molecule has 0 aliphatic carbocycles. The van der Waals surface area contributed by atoms with Crippen molar-refractivity contribution in [3.63, 3.8) is 0 Å². The number of unbranched alkanes of at least 4 members (excludes halogenated alkanes) is 1. The van der Waals surface area contributed by atoms with Crippen LogP contribution in [0, 0.1) is 0 Å². The van der Waals surface area contributed by atoms with Gasteiger partial charge in [0.25, 0.3) is 0 Å². The molecular formula is C15H25BrClNO2. The van der Waals surface area contributed by atoms with Gasteiger partial charge >= 0.3 is 0 Å². The van der Waals surface area contributed by atoms with E-state index in [1.807, 2.05) is 19.9 Å². The van der Waals surface area contributed by atoms with E-state index >= 15 is 0 Å². The Hall–Kier alpha value is -0.450. The second-order valence-corrected chi connectivity index (χ2v) is 5.14. The molecule has 20 heavy (non-hydrogen) atoms. The van der Waals surface area contributed by atoms with E-state index in [9.17, 15) is 0 Å². The average molecular weight is 367 g/mol. The summed E-state index contributed by atoms with van der Waals surface area (Å²) in [5.41, 5.74) is 1.20. The quantitative estimate of drug-likeness (QED) is 0.650. The molecule has 1 N–H and O–H groups in total. The molecular weight excluding hydrogens is 342 g/mol. The molecule has 0 saturated heterocycles. The van der Waals surface area contributed by atoms with E-state index in [-0.39, 0.29) is 12.4 Å². The van der Waals surface area contributed by atoms with Gasteiger partial charge in [0.2, 0.25) is 0 Å². The van der Waals surface area contributed by atoms with E-state index in [2.05, 4.69) is 34.2 Å². The molecule has 0 heterocycles. The Balaban J connectivity index is 0.00000361. The molecule has 5 heteroatoms. The van der Waals surface area contributed by atoms with Gasteiger partial charge in [0.05, 0.1) is 13.2 Å². The minimum Gasteiger partial charge on any atom is -0.490 e. The summed E-state index contributed by atoms with van der Waals surface area (Å²) in [6.07, 6.45) is 2.41. The largest absolute Gasteiger partial charge is 0.490 e. The summed E-state index contributed by atoms with van der Waals surface area (Å²) < 4.78 is 12.3. The Bertz CT molecular complexity index is 388. The maximum atomic E-state index is 5.64. The lowest BCUT2D eigenvalue weighted by Gasteiger charge is -2.14. The van der Waals surface area contributed by atoms with E-state index < -0.39 is 0 Å². The molecule has 0 aromatic heterocycles. The van der Waals surface area contributed by atoms with Crippen LogP contribution in [0.4, 0.5) is 0 Å². The summed E-state index contributed by atoms with van der Waals surface area (Å²) in [6, 6.07) is 4.04. The minimum absolute atomic E-state index is 0. The molecule has 1 aromatic rings. The molecule has 116 valence electrons. The third kappa shape index (κ3) is 6.33. The number of ether oxygens (including phenoxy) is 2. The lowest BCUT2D eigenvalue weighted by molar-refractivity contribution is 0.287. The van der Waals surface area contributed by atoms with Crippen LogP contribution in [0.2, 0.25) is 0 Å². The Morgan fingerprint density at radius 2 is 1.65 bits per heavy atom. The normalized spacial score (nSPS) is 10.0. The highest BCUT2D eigenvalue weighted by Crippen LogP contribution is 2.33. The number of rotatable bonds is 9. The van der Waals surface area contributed by atoms with Crippen molar-refractivity contribution in [2.24, 2.45) is 0 Å². The number of nitrogens with one attached hydrogen (secondary N) is 1. The first-order valence-electron chi connectivity index (χ1n) is 7.01. The van der Waals surface area contributed by atoms with E-state index in [1.54, 1.807) is 0 Å².